The van der Waals surface area contributed by atoms with E-state index in [2.05, 4.69) is 21.2 Å². The van der Waals surface area contributed by atoms with Crippen LogP contribution in [0.5, 0.6) is 11.5 Å². The molecule has 2 amide bonds. The van der Waals surface area contributed by atoms with E-state index in [1.807, 2.05) is 57.2 Å². The fraction of sp³-hybridized carbons (Fsp3) is 0.417. The molecule has 7 heteroatoms. The third kappa shape index (κ3) is 7.28. The van der Waals surface area contributed by atoms with Gasteiger partial charge in [-0.1, -0.05) is 35.0 Å². The number of amides is 2. The van der Waals surface area contributed by atoms with E-state index in [9.17, 15) is 9.59 Å². The van der Waals surface area contributed by atoms with Crippen LogP contribution >= 0.6 is 15.9 Å². The Balaban J connectivity index is 2.16. The van der Waals surface area contributed by atoms with Crippen LogP contribution in [0.15, 0.2) is 46.9 Å². The molecule has 1 N–H and O–H groups in total. The molecule has 0 radical (unpaired) electrons. The highest BCUT2D eigenvalue weighted by atomic mass is 79.9. The number of ether oxygens (including phenoxy) is 2. The van der Waals surface area contributed by atoms with E-state index in [1.165, 1.54) is 0 Å². The molecular formula is C24H31BrN2O4. The summed E-state index contributed by atoms with van der Waals surface area (Å²) in [6.45, 7) is 7.78. The van der Waals surface area contributed by atoms with Crippen LogP contribution < -0.4 is 14.8 Å². The van der Waals surface area contributed by atoms with E-state index < -0.39 is 6.04 Å². The van der Waals surface area contributed by atoms with Crippen LogP contribution in [0.4, 0.5) is 0 Å². The average Bonchev–Trinajstić information content (AvgIpc) is 2.77. The van der Waals surface area contributed by atoms with Gasteiger partial charge in [0.2, 0.25) is 5.91 Å². The lowest BCUT2D eigenvalue weighted by atomic mass is 10.1. The van der Waals surface area contributed by atoms with Gasteiger partial charge in [-0.2, -0.15) is 0 Å². The fourth-order valence-corrected chi connectivity index (χ4v) is 3.16. The maximum absolute atomic E-state index is 13.1. The van der Waals surface area contributed by atoms with Gasteiger partial charge in [-0.3, -0.25) is 9.59 Å². The van der Waals surface area contributed by atoms with Gasteiger partial charge >= 0.3 is 0 Å². The van der Waals surface area contributed by atoms with Crippen LogP contribution in [0.3, 0.4) is 0 Å². The number of hydrogen-bond donors (Lipinski definition) is 1. The summed E-state index contributed by atoms with van der Waals surface area (Å²) in [6, 6.07) is 12.4. The number of halogens is 1. The number of methoxy groups -OCH3 is 1. The molecule has 0 aliphatic carbocycles. The Morgan fingerprint density at radius 2 is 1.74 bits per heavy atom. The molecule has 2 aromatic carbocycles. The Morgan fingerprint density at radius 3 is 2.32 bits per heavy atom. The molecule has 0 heterocycles. The Morgan fingerprint density at radius 1 is 1.10 bits per heavy atom. The first-order valence-corrected chi connectivity index (χ1v) is 11.2. The molecule has 0 bridgehead atoms. The second kappa shape index (κ2) is 11.7. The Labute approximate surface area is 193 Å². The van der Waals surface area contributed by atoms with Crippen LogP contribution in [0.2, 0.25) is 0 Å². The number of carbonyl (C=O) groups is 2. The van der Waals surface area contributed by atoms with E-state index >= 15 is 0 Å². The van der Waals surface area contributed by atoms with E-state index in [0.717, 1.165) is 27.8 Å². The number of nitrogens with one attached hydrogen (secondary N) is 1. The number of rotatable bonds is 10. The molecule has 0 spiro atoms. The normalized spacial score (nSPS) is 12.6. The lowest BCUT2D eigenvalue weighted by Crippen LogP contribution is -2.50. The van der Waals surface area contributed by atoms with E-state index in [4.69, 9.17) is 9.47 Å². The molecule has 0 aliphatic rings. The molecule has 2 rings (SSSR count). The van der Waals surface area contributed by atoms with Crippen LogP contribution in [-0.2, 0) is 16.1 Å². The van der Waals surface area contributed by atoms with Crippen molar-refractivity contribution in [3.63, 3.8) is 0 Å². The quantitative estimate of drug-likeness (QED) is 0.533. The van der Waals surface area contributed by atoms with Crippen molar-refractivity contribution in [3.8, 4) is 11.5 Å². The molecule has 168 valence electrons. The molecule has 6 nitrogen and oxygen atoms in total. The van der Waals surface area contributed by atoms with Crippen molar-refractivity contribution in [2.24, 2.45) is 0 Å². The topological polar surface area (TPSA) is 67.9 Å². The van der Waals surface area contributed by atoms with Crippen molar-refractivity contribution in [2.75, 3.05) is 13.7 Å². The second-order valence-corrected chi connectivity index (χ2v) is 8.42. The minimum absolute atomic E-state index is 0.0369. The lowest BCUT2D eigenvalue weighted by molar-refractivity contribution is -0.142. The van der Waals surface area contributed by atoms with Gasteiger partial charge in [0.25, 0.3) is 5.91 Å². The number of aryl methyl sites for hydroxylation is 1. The highest BCUT2D eigenvalue weighted by Crippen LogP contribution is 2.22. The SMILES string of the molecule is CC[C@@H](C)NC(=O)[C@@H](C)N(Cc1ccc(OC)cc1)C(=O)COc1ccc(Br)c(C)c1. The Hall–Kier alpha value is -2.54. The molecule has 0 aliphatic heterocycles. The average molecular weight is 491 g/mol. The van der Waals surface area contributed by atoms with E-state index in [0.29, 0.717) is 12.3 Å². The number of hydrogen-bond acceptors (Lipinski definition) is 4. The smallest absolute Gasteiger partial charge is 0.261 e. The molecular weight excluding hydrogens is 460 g/mol. The monoisotopic (exact) mass is 490 g/mol. The molecule has 2 aromatic rings. The second-order valence-electron chi connectivity index (χ2n) is 7.56. The predicted molar refractivity (Wildman–Crippen MR) is 125 cm³/mol. The zero-order valence-electron chi connectivity index (χ0n) is 18.8. The zero-order valence-corrected chi connectivity index (χ0v) is 20.4. The van der Waals surface area contributed by atoms with Crippen LogP contribution in [-0.4, -0.2) is 42.5 Å². The minimum Gasteiger partial charge on any atom is -0.497 e. The number of nitrogens with zero attached hydrogens (tertiary/aromatic N) is 1. The van der Waals surface area contributed by atoms with Gasteiger partial charge < -0.3 is 19.7 Å². The first kappa shape index (κ1) is 24.7. The molecule has 2 atom stereocenters. The van der Waals surface area contributed by atoms with Gasteiger partial charge in [0.1, 0.15) is 17.5 Å². The third-order valence-electron chi connectivity index (χ3n) is 5.17. The van der Waals surface area contributed by atoms with E-state index in [-0.39, 0.29) is 24.5 Å². The van der Waals surface area contributed by atoms with Gasteiger partial charge in [0, 0.05) is 17.1 Å². The summed E-state index contributed by atoms with van der Waals surface area (Å²) in [5, 5.41) is 2.96. The minimum atomic E-state index is -0.640. The van der Waals surface area contributed by atoms with Crippen LogP contribution in [0, 0.1) is 6.92 Å². The van der Waals surface area contributed by atoms with E-state index in [1.54, 1.807) is 25.0 Å². The van der Waals surface area contributed by atoms with Gasteiger partial charge in [-0.15, -0.1) is 0 Å². The van der Waals surface area contributed by atoms with Crippen molar-refractivity contribution in [1.29, 1.82) is 0 Å². The summed E-state index contributed by atoms with van der Waals surface area (Å²) < 4.78 is 11.9. The number of carbonyl (C=O) groups excluding carboxylic acids is 2. The Kier molecular flexibility index (Phi) is 9.37. The highest BCUT2D eigenvalue weighted by molar-refractivity contribution is 9.10. The lowest BCUT2D eigenvalue weighted by Gasteiger charge is -2.29. The molecule has 0 fully saturated rings. The first-order valence-electron chi connectivity index (χ1n) is 10.4. The van der Waals surface area contributed by atoms with Crippen LogP contribution in [0.1, 0.15) is 38.3 Å². The van der Waals surface area contributed by atoms with Gasteiger partial charge in [-0.25, -0.2) is 0 Å². The highest BCUT2D eigenvalue weighted by Gasteiger charge is 2.27. The summed E-state index contributed by atoms with van der Waals surface area (Å²) >= 11 is 3.46. The van der Waals surface area contributed by atoms with Crippen molar-refractivity contribution in [2.45, 2.75) is 52.7 Å². The molecule has 0 saturated heterocycles. The summed E-state index contributed by atoms with van der Waals surface area (Å²) in [7, 11) is 1.60. The molecule has 0 aromatic heterocycles. The molecule has 31 heavy (non-hydrogen) atoms. The summed E-state index contributed by atoms with van der Waals surface area (Å²) in [5.74, 6) is 0.896. The van der Waals surface area contributed by atoms with Gasteiger partial charge in [0.15, 0.2) is 6.61 Å². The fourth-order valence-electron chi connectivity index (χ4n) is 2.91. The first-order chi connectivity index (χ1) is 14.7. The standard InChI is InChI=1S/C24H31BrN2O4/c1-6-17(3)26-24(29)18(4)27(14-19-7-9-20(30-5)10-8-19)23(28)15-31-21-11-12-22(25)16(2)13-21/h7-13,17-18H,6,14-15H2,1-5H3,(H,26,29)/t17-,18-/m1/s1. The maximum Gasteiger partial charge on any atom is 0.261 e. The van der Waals surface area contributed by atoms with Crippen molar-refractivity contribution in [3.05, 3.63) is 58.1 Å². The summed E-state index contributed by atoms with van der Waals surface area (Å²) in [4.78, 5) is 27.4. The van der Waals surface area contributed by atoms with Crippen LogP contribution in [0.25, 0.3) is 0 Å². The largest absolute Gasteiger partial charge is 0.497 e. The zero-order chi connectivity index (χ0) is 23.0. The Bertz CT molecular complexity index is 886. The molecule has 0 unspecified atom stereocenters. The van der Waals surface area contributed by atoms with Gasteiger partial charge in [0.05, 0.1) is 7.11 Å². The van der Waals surface area contributed by atoms with Crippen molar-refractivity contribution in [1.82, 2.24) is 10.2 Å². The third-order valence-corrected chi connectivity index (χ3v) is 6.06. The molecule has 0 saturated carbocycles. The number of benzene rings is 2. The van der Waals surface area contributed by atoms with Crippen molar-refractivity contribution < 1.29 is 19.1 Å². The summed E-state index contributed by atoms with van der Waals surface area (Å²) in [5.41, 5.74) is 1.91. The maximum atomic E-state index is 13.1. The van der Waals surface area contributed by atoms with Gasteiger partial charge in [-0.05, 0) is 68.7 Å². The van der Waals surface area contributed by atoms with Crippen molar-refractivity contribution >= 4 is 27.7 Å². The predicted octanol–water partition coefficient (Wildman–Crippen LogP) is 4.48. The summed E-state index contributed by atoms with van der Waals surface area (Å²) in [6.07, 6.45) is 0.816.